The first-order valence-electron chi connectivity index (χ1n) is 9.04. The van der Waals surface area contributed by atoms with Crippen molar-refractivity contribution in [3.63, 3.8) is 0 Å². The van der Waals surface area contributed by atoms with Crippen LogP contribution in [0.2, 0.25) is 0 Å². The lowest BCUT2D eigenvalue weighted by Gasteiger charge is -2.02. The molecular weight excluding hydrogens is 362 g/mol. The second-order valence-electron chi connectivity index (χ2n) is 6.48. The summed E-state index contributed by atoms with van der Waals surface area (Å²) < 4.78 is 5.29. The van der Waals surface area contributed by atoms with Crippen molar-refractivity contribution in [1.82, 2.24) is 0 Å². The first-order chi connectivity index (χ1) is 14.0. The van der Waals surface area contributed by atoms with Crippen LogP contribution in [0.3, 0.4) is 0 Å². The minimum absolute atomic E-state index is 0.297. The highest BCUT2D eigenvalue weighted by Crippen LogP contribution is 2.22. The van der Waals surface area contributed by atoms with Crippen LogP contribution in [0.5, 0.6) is 0 Å². The third-order valence-corrected chi connectivity index (χ3v) is 4.28. The van der Waals surface area contributed by atoms with Crippen molar-refractivity contribution >= 4 is 28.1 Å². The fourth-order valence-electron chi connectivity index (χ4n) is 2.77. The number of hydrogen-bond acceptors (Lipinski definition) is 5. The Morgan fingerprint density at radius 3 is 2.10 bits per heavy atom. The van der Waals surface area contributed by atoms with Crippen molar-refractivity contribution in [2.24, 2.45) is 0 Å². The first kappa shape index (κ1) is 19.8. The van der Waals surface area contributed by atoms with Gasteiger partial charge in [-0.15, -0.1) is 0 Å². The summed E-state index contributed by atoms with van der Waals surface area (Å²) in [6, 6.07) is 25.9. The molecule has 0 atom stereocenters. The van der Waals surface area contributed by atoms with Gasteiger partial charge >= 0.3 is 5.63 Å². The molecule has 0 bridgehead atoms. The Balaban J connectivity index is 0.000000188. The van der Waals surface area contributed by atoms with E-state index in [-0.39, 0.29) is 5.63 Å². The molecule has 4 aromatic rings. The maximum atomic E-state index is 11.9. The summed E-state index contributed by atoms with van der Waals surface area (Å²) >= 11 is 0. The quantitative estimate of drug-likeness (QED) is 0.259. The zero-order valence-electron chi connectivity index (χ0n) is 16.0. The van der Waals surface area contributed by atoms with Gasteiger partial charge in [0, 0.05) is 22.7 Å². The summed E-state index contributed by atoms with van der Waals surface area (Å²) in [5.74, 6) is 0. The molecule has 0 unspecified atom stereocenters. The third-order valence-electron chi connectivity index (χ3n) is 4.28. The van der Waals surface area contributed by atoms with E-state index >= 15 is 0 Å². The summed E-state index contributed by atoms with van der Waals surface area (Å²) in [6.45, 7) is 1.62. The molecule has 0 amide bonds. The molecule has 0 aliphatic carbocycles. The Bertz CT molecular complexity index is 1210. The Morgan fingerprint density at radius 1 is 0.862 bits per heavy atom. The molecule has 1 heterocycles. The summed E-state index contributed by atoms with van der Waals surface area (Å²) in [7, 11) is 0. The summed E-state index contributed by atoms with van der Waals surface area (Å²) in [5, 5.41) is 15.5. The topological polar surface area (TPSA) is 104 Å². The van der Waals surface area contributed by atoms with Crippen molar-refractivity contribution in [3.8, 4) is 11.1 Å². The van der Waals surface area contributed by atoms with Crippen molar-refractivity contribution in [2.75, 3.05) is 5.73 Å². The number of nitrogen functional groups attached to an aromatic ring is 1. The molecule has 5 heteroatoms. The van der Waals surface area contributed by atoms with Crippen molar-refractivity contribution in [2.45, 2.75) is 6.92 Å². The van der Waals surface area contributed by atoms with Crippen LogP contribution in [-0.2, 0) is 0 Å². The highest BCUT2D eigenvalue weighted by molar-refractivity contribution is 6.45. The van der Waals surface area contributed by atoms with Gasteiger partial charge in [-0.05, 0) is 30.7 Å². The maximum absolute atomic E-state index is 11.9. The number of nitrogens with two attached hydrogens (primary N) is 1. The van der Waals surface area contributed by atoms with Crippen molar-refractivity contribution in [3.05, 3.63) is 101 Å². The Hall–Kier alpha value is -3.99. The number of nitrogens with one attached hydrogen (secondary N) is 2. The van der Waals surface area contributed by atoms with Gasteiger partial charge in [0.25, 0.3) is 0 Å². The molecule has 144 valence electrons. The van der Waals surface area contributed by atoms with E-state index in [1.54, 1.807) is 19.1 Å². The van der Waals surface area contributed by atoms with Crippen LogP contribution in [0.4, 0.5) is 5.69 Å². The lowest BCUT2D eigenvalue weighted by Crippen LogP contribution is -2.08. The second-order valence-corrected chi connectivity index (χ2v) is 6.48. The number of anilines is 1. The molecule has 29 heavy (non-hydrogen) atoms. The molecule has 0 saturated carbocycles. The fraction of sp³-hybridized carbons (Fsp3) is 0.0417. The zero-order valence-corrected chi connectivity index (χ0v) is 16.0. The third kappa shape index (κ3) is 4.84. The molecule has 3 aromatic carbocycles. The average molecular weight is 383 g/mol. The molecule has 0 saturated heterocycles. The van der Waals surface area contributed by atoms with E-state index in [0.29, 0.717) is 28.3 Å². The lowest BCUT2D eigenvalue weighted by molar-refractivity contribution is 0.563. The molecule has 1 aromatic heterocycles. The van der Waals surface area contributed by atoms with Gasteiger partial charge in [-0.2, -0.15) is 0 Å². The summed E-state index contributed by atoms with van der Waals surface area (Å²) in [4.78, 5) is 11.9. The average Bonchev–Trinajstić information content (AvgIpc) is 2.74. The minimum Gasteiger partial charge on any atom is -0.422 e. The molecule has 0 fully saturated rings. The largest absolute Gasteiger partial charge is 0.422 e. The van der Waals surface area contributed by atoms with Crippen LogP contribution in [0.25, 0.3) is 22.1 Å². The molecule has 5 nitrogen and oxygen atoms in total. The number of rotatable bonds is 3. The van der Waals surface area contributed by atoms with Crippen LogP contribution in [0.1, 0.15) is 12.5 Å². The Morgan fingerprint density at radius 2 is 1.48 bits per heavy atom. The van der Waals surface area contributed by atoms with Gasteiger partial charge in [-0.3, -0.25) is 5.41 Å². The van der Waals surface area contributed by atoms with E-state index < -0.39 is 0 Å². The van der Waals surface area contributed by atoms with Gasteiger partial charge in [0.15, 0.2) is 0 Å². The van der Waals surface area contributed by atoms with E-state index in [9.17, 15) is 4.79 Å². The standard InChI is InChI=1S/C15H11NO2.C9H10N2/c16-12-7-6-11-8-13(10-4-2-1-3-5-10)15(17)18-14(11)9-12;1-7(10)9(11)8-5-3-2-4-6-8/h1-9H,16H2;2-6,10-11H,1H3. The van der Waals surface area contributed by atoms with Crippen LogP contribution in [0, 0.1) is 10.8 Å². The summed E-state index contributed by atoms with van der Waals surface area (Å²) in [6.07, 6.45) is 0. The molecular formula is C24H21N3O2. The highest BCUT2D eigenvalue weighted by Gasteiger charge is 2.07. The molecule has 0 radical (unpaired) electrons. The molecule has 0 spiro atoms. The number of benzene rings is 3. The van der Waals surface area contributed by atoms with E-state index in [4.69, 9.17) is 21.0 Å². The molecule has 0 aliphatic heterocycles. The maximum Gasteiger partial charge on any atom is 0.344 e. The van der Waals surface area contributed by atoms with Gasteiger partial charge in [0.05, 0.1) is 17.0 Å². The SMILES string of the molecule is CC(=N)C(=N)c1ccccc1.Nc1ccc2cc(-c3ccccc3)c(=O)oc2c1. The minimum atomic E-state index is -0.348. The van der Waals surface area contributed by atoms with Gasteiger partial charge in [-0.25, -0.2) is 4.79 Å². The lowest BCUT2D eigenvalue weighted by atomic mass is 10.1. The predicted octanol–water partition coefficient (Wildman–Crippen LogP) is 5.14. The second kappa shape index (κ2) is 8.80. The van der Waals surface area contributed by atoms with Gasteiger partial charge in [0.1, 0.15) is 5.58 Å². The predicted molar refractivity (Wildman–Crippen MR) is 119 cm³/mol. The Labute approximate surface area is 168 Å². The number of fused-ring (bicyclic) bond motifs is 1. The highest BCUT2D eigenvalue weighted by atomic mass is 16.4. The molecule has 4 N–H and O–H groups in total. The van der Waals surface area contributed by atoms with E-state index in [1.807, 2.05) is 72.8 Å². The van der Waals surface area contributed by atoms with E-state index in [0.717, 1.165) is 16.5 Å². The fourth-order valence-corrected chi connectivity index (χ4v) is 2.77. The normalized spacial score (nSPS) is 10.1. The zero-order chi connectivity index (χ0) is 20.8. The Kier molecular flexibility index (Phi) is 6.00. The molecule has 0 aliphatic rings. The molecule has 4 rings (SSSR count). The van der Waals surface area contributed by atoms with Crippen LogP contribution < -0.4 is 11.4 Å². The summed E-state index contributed by atoms with van der Waals surface area (Å²) in [5.41, 5.74) is 9.23. The van der Waals surface area contributed by atoms with Crippen molar-refractivity contribution < 1.29 is 4.42 Å². The van der Waals surface area contributed by atoms with Crippen molar-refractivity contribution in [1.29, 1.82) is 10.8 Å². The van der Waals surface area contributed by atoms with Gasteiger partial charge in [-0.1, -0.05) is 60.7 Å². The first-order valence-corrected chi connectivity index (χ1v) is 9.04. The van der Waals surface area contributed by atoms with Crippen LogP contribution in [-0.4, -0.2) is 11.4 Å². The number of hydrogen-bond donors (Lipinski definition) is 3. The van der Waals surface area contributed by atoms with E-state index in [2.05, 4.69) is 0 Å². The van der Waals surface area contributed by atoms with Gasteiger partial charge in [0.2, 0.25) is 0 Å². The van der Waals surface area contributed by atoms with E-state index in [1.165, 1.54) is 0 Å². The van der Waals surface area contributed by atoms with Crippen LogP contribution in [0.15, 0.2) is 94.1 Å². The van der Waals surface area contributed by atoms with Crippen LogP contribution >= 0.6 is 0 Å². The smallest absolute Gasteiger partial charge is 0.344 e. The van der Waals surface area contributed by atoms with Gasteiger partial charge < -0.3 is 15.6 Å². The monoisotopic (exact) mass is 383 g/mol.